The molecule has 2 aliphatic rings. The van der Waals surface area contributed by atoms with Gasteiger partial charge in [-0.2, -0.15) is 0 Å². The number of allylic oxidation sites excluding steroid dienone is 2. The summed E-state index contributed by atoms with van der Waals surface area (Å²) in [6.07, 6.45) is 9.26. The van der Waals surface area contributed by atoms with Crippen molar-refractivity contribution in [3.63, 3.8) is 0 Å². The predicted molar refractivity (Wildman–Crippen MR) is 103 cm³/mol. The quantitative estimate of drug-likeness (QED) is 0.568. The van der Waals surface area contributed by atoms with Gasteiger partial charge in [-0.25, -0.2) is 8.78 Å². The maximum atomic E-state index is 14.9. The van der Waals surface area contributed by atoms with Crippen molar-refractivity contribution in [2.45, 2.75) is 57.8 Å². The Labute approximate surface area is 154 Å². The summed E-state index contributed by atoms with van der Waals surface area (Å²) >= 11 is 0. The minimum Gasteiger partial charge on any atom is -0.207 e. The zero-order valence-electron chi connectivity index (χ0n) is 15.4. The second-order valence-electron chi connectivity index (χ2n) is 7.85. The molecule has 1 saturated carbocycles. The first-order chi connectivity index (χ1) is 12.7. The third kappa shape index (κ3) is 3.34. The van der Waals surface area contributed by atoms with E-state index in [1.165, 1.54) is 38.2 Å². The second-order valence-corrected chi connectivity index (χ2v) is 7.85. The molecule has 2 aromatic rings. The number of fused-ring (bicyclic) bond motifs is 1. The SMILES string of the molecule is CCC1CCC(c2ccc(C3=CCc4c(F)cccc4C3)c(F)c2)CC1. The molecule has 0 heterocycles. The van der Waals surface area contributed by atoms with Crippen molar-refractivity contribution >= 4 is 5.57 Å². The molecular formula is C24H26F2. The minimum atomic E-state index is -0.156. The maximum absolute atomic E-state index is 14.9. The van der Waals surface area contributed by atoms with Crippen molar-refractivity contribution < 1.29 is 8.78 Å². The van der Waals surface area contributed by atoms with Gasteiger partial charge in [0, 0.05) is 5.56 Å². The molecule has 4 rings (SSSR count). The Morgan fingerprint density at radius 2 is 1.77 bits per heavy atom. The fraction of sp³-hybridized carbons (Fsp3) is 0.417. The molecule has 0 aromatic heterocycles. The van der Waals surface area contributed by atoms with Crippen LogP contribution in [0.25, 0.3) is 5.57 Å². The maximum Gasteiger partial charge on any atom is 0.130 e. The smallest absolute Gasteiger partial charge is 0.130 e. The lowest BCUT2D eigenvalue weighted by Gasteiger charge is -2.28. The van der Waals surface area contributed by atoms with E-state index >= 15 is 0 Å². The van der Waals surface area contributed by atoms with Crippen molar-refractivity contribution in [3.05, 3.63) is 76.4 Å². The van der Waals surface area contributed by atoms with Crippen molar-refractivity contribution in [2.24, 2.45) is 5.92 Å². The molecule has 0 N–H and O–H groups in total. The second kappa shape index (κ2) is 7.34. The van der Waals surface area contributed by atoms with E-state index in [1.807, 2.05) is 18.2 Å². The fourth-order valence-corrected chi connectivity index (χ4v) is 4.66. The first-order valence-corrected chi connectivity index (χ1v) is 9.90. The molecule has 0 bridgehead atoms. The first kappa shape index (κ1) is 17.5. The Hall–Kier alpha value is -1.96. The number of rotatable bonds is 3. The molecule has 0 amide bonds. The monoisotopic (exact) mass is 352 g/mol. The van der Waals surface area contributed by atoms with E-state index in [-0.39, 0.29) is 11.6 Å². The van der Waals surface area contributed by atoms with Gasteiger partial charge in [-0.1, -0.05) is 43.7 Å². The molecule has 2 aromatic carbocycles. The number of hydrogen-bond donors (Lipinski definition) is 0. The summed E-state index contributed by atoms with van der Waals surface area (Å²) in [5, 5.41) is 0. The summed E-state index contributed by atoms with van der Waals surface area (Å²) in [7, 11) is 0. The summed E-state index contributed by atoms with van der Waals surface area (Å²) < 4.78 is 28.8. The van der Waals surface area contributed by atoms with Crippen LogP contribution in [0.1, 0.15) is 67.2 Å². The lowest BCUT2D eigenvalue weighted by Crippen LogP contribution is -2.13. The average Bonchev–Trinajstić information content (AvgIpc) is 2.68. The van der Waals surface area contributed by atoms with E-state index in [1.54, 1.807) is 12.1 Å². The zero-order valence-corrected chi connectivity index (χ0v) is 15.4. The van der Waals surface area contributed by atoms with Gasteiger partial charge in [-0.3, -0.25) is 0 Å². The lowest BCUT2D eigenvalue weighted by atomic mass is 9.77. The molecule has 0 radical (unpaired) electrons. The van der Waals surface area contributed by atoms with Gasteiger partial charge in [-0.15, -0.1) is 0 Å². The van der Waals surface area contributed by atoms with Gasteiger partial charge in [0.1, 0.15) is 11.6 Å². The van der Waals surface area contributed by atoms with E-state index in [4.69, 9.17) is 0 Å². The highest BCUT2D eigenvalue weighted by Crippen LogP contribution is 2.38. The van der Waals surface area contributed by atoms with Crippen LogP contribution in [0.4, 0.5) is 8.78 Å². The first-order valence-electron chi connectivity index (χ1n) is 9.90. The van der Waals surface area contributed by atoms with Crippen LogP contribution < -0.4 is 0 Å². The predicted octanol–water partition coefficient (Wildman–Crippen LogP) is 6.83. The van der Waals surface area contributed by atoms with Gasteiger partial charge in [-0.05, 0) is 84.8 Å². The highest BCUT2D eigenvalue weighted by molar-refractivity contribution is 5.71. The molecule has 0 spiro atoms. The number of benzene rings is 2. The summed E-state index contributed by atoms with van der Waals surface area (Å²) in [6.45, 7) is 2.27. The van der Waals surface area contributed by atoms with Gasteiger partial charge >= 0.3 is 0 Å². The molecule has 0 aliphatic heterocycles. The molecule has 2 aliphatic carbocycles. The standard InChI is InChI=1S/C24H26F2/c1-2-16-6-8-17(9-7-16)18-10-12-22(24(26)15-18)20-11-13-21-19(14-20)4-3-5-23(21)25/h3-5,10-12,15-17H,2,6-9,13-14H2,1H3. The largest absolute Gasteiger partial charge is 0.207 e. The van der Waals surface area contributed by atoms with Crippen LogP contribution in [0, 0.1) is 17.6 Å². The number of hydrogen-bond acceptors (Lipinski definition) is 0. The molecule has 0 atom stereocenters. The van der Waals surface area contributed by atoms with E-state index in [0.717, 1.165) is 28.2 Å². The summed E-state index contributed by atoms with van der Waals surface area (Å²) in [4.78, 5) is 0. The highest BCUT2D eigenvalue weighted by atomic mass is 19.1. The van der Waals surface area contributed by atoms with Crippen LogP contribution >= 0.6 is 0 Å². The Morgan fingerprint density at radius 1 is 0.962 bits per heavy atom. The van der Waals surface area contributed by atoms with Crippen LogP contribution in [0.5, 0.6) is 0 Å². The van der Waals surface area contributed by atoms with Crippen LogP contribution in [0.3, 0.4) is 0 Å². The van der Waals surface area contributed by atoms with E-state index in [0.29, 0.717) is 24.3 Å². The molecule has 26 heavy (non-hydrogen) atoms. The van der Waals surface area contributed by atoms with E-state index in [2.05, 4.69) is 13.0 Å². The fourth-order valence-electron chi connectivity index (χ4n) is 4.66. The minimum absolute atomic E-state index is 0.133. The van der Waals surface area contributed by atoms with Crippen molar-refractivity contribution in [2.75, 3.05) is 0 Å². The van der Waals surface area contributed by atoms with Crippen molar-refractivity contribution in [3.8, 4) is 0 Å². The molecule has 136 valence electrons. The molecule has 1 fully saturated rings. The molecule has 2 heteroatoms. The van der Waals surface area contributed by atoms with Crippen molar-refractivity contribution in [1.82, 2.24) is 0 Å². The normalized spacial score (nSPS) is 22.7. The van der Waals surface area contributed by atoms with E-state index < -0.39 is 0 Å². The van der Waals surface area contributed by atoms with Crippen LogP contribution in [0.15, 0.2) is 42.5 Å². The van der Waals surface area contributed by atoms with Crippen LogP contribution in [-0.4, -0.2) is 0 Å². The van der Waals surface area contributed by atoms with Crippen LogP contribution in [-0.2, 0) is 12.8 Å². The summed E-state index contributed by atoms with van der Waals surface area (Å²) in [5.41, 5.74) is 4.52. The molecule has 0 nitrogen and oxygen atoms in total. The van der Waals surface area contributed by atoms with Gasteiger partial charge in [0.25, 0.3) is 0 Å². The third-order valence-electron chi connectivity index (χ3n) is 6.38. The molecular weight excluding hydrogens is 326 g/mol. The van der Waals surface area contributed by atoms with Crippen molar-refractivity contribution in [1.29, 1.82) is 0 Å². The average molecular weight is 352 g/mol. The topological polar surface area (TPSA) is 0 Å². The van der Waals surface area contributed by atoms with Gasteiger partial charge in [0.2, 0.25) is 0 Å². The third-order valence-corrected chi connectivity index (χ3v) is 6.38. The van der Waals surface area contributed by atoms with Gasteiger partial charge < -0.3 is 0 Å². The lowest BCUT2D eigenvalue weighted by molar-refractivity contribution is 0.318. The summed E-state index contributed by atoms with van der Waals surface area (Å²) in [6, 6.07) is 11.0. The molecule has 0 unspecified atom stereocenters. The van der Waals surface area contributed by atoms with E-state index in [9.17, 15) is 8.78 Å². The van der Waals surface area contributed by atoms with Gasteiger partial charge in [0.15, 0.2) is 0 Å². The Kier molecular flexibility index (Phi) is 4.93. The Bertz CT molecular complexity index is 826. The summed E-state index contributed by atoms with van der Waals surface area (Å²) in [5.74, 6) is 1.06. The highest BCUT2D eigenvalue weighted by Gasteiger charge is 2.23. The van der Waals surface area contributed by atoms with Gasteiger partial charge in [0.05, 0.1) is 0 Å². The van der Waals surface area contributed by atoms with Crippen LogP contribution in [0.2, 0.25) is 0 Å². The molecule has 0 saturated heterocycles. The number of halogens is 2. The zero-order chi connectivity index (χ0) is 18.1. The Morgan fingerprint density at radius 3 is 2.50 bits per heavy atom. The Balaban J connectivity index is 1.53.